The Labute approximate surface area is 214 Å². The third kappa shape index (κ3) is 4.97. The van der Waals surface area contributed by atoms with Gasteiger partial charge in [0.05, 0.1) is 25.8 Å². The van der Waals surface area contributed by atoms with Crippen molar-refractivity contribution in [3.63, 3.8) is 0 Å². The summed E-state index contributed by atoms with van der Waals surface area (Å²) in [5, 5.41) is 2.85. The molecule has 1 N–H and O–H groups in total. The average molecular weight is 538 g/mol. The van der Waals surface area contributed by atoms with Crippen molar-refractivity contribution in [2.24, 2.45) is 0 Å². The zero-order chi connectivity index (χ0) is 24.6. The minimum absolute atomic E-state index is 0.0498. The van der Waals surface area contributed by atoms with Gasteiger partial charge in [-0.2, -0.15) is 0 Å². The highest BCUT2D eigenvalue weighted by Gasteiger charge is 2.37. The van der Waals surface area contributed by atoms with Gasteiger partial charge in [-0.15, -0.1) is 0 Å². The molecule has 1 amide bonds. The number of hydrogen-bond acceptors (Lipinski definition) is 4. The second kappa shape index (κ2) is 9.88. The first-order valence-corrected chi connectivity index (χ1v) is 13.3. The number of nitrogens with one attached hydrogen (secondary N) is 1. The SMILES string of the molecule is CN(C)[C@@H]1Cc2ccc(NC(=O)c3c(Cl)cccc3Cl)cc2C(S(=O)(=O)c2cccc(Cl)c2)C1. The smallest absolute Gasteiger partial charge is 0.258 e. The molecule has 3 aromatic rings. The first-order valence-electron chi connectivity index (χ1n) is 10.6. The number of amides is 1. The summed E-state index contributed by atoms with van der Waals surface area (Å²) < 4.78 is 27.4. The van der Waals surface area contributed by atoms with E-state index in [-0.39, 0.29) is 26.5 Å². The van der Waals surface area contributed by atoms with E-state index >= 15 is 0 Å². The van der Waals surface area contributed by atoms with Gasteiger partial charge >= 0.3 is 0 Å². The molecule has 0 radical (unpaired) electrons. The maximum atomic E-state index is 13.7. The maximum Gasteiger partial charge on any atom is 0.258 e. The minimum atomic E-state index is -3.74. The number of halogens is 3. The van der Waals surface area contributed by atoms with E-state index in [1.165, 1.54) is 6.07 Å². The number of hydrogen-bond donors (Lipinski definition) is 1. The van der Waals surface area contributed by atoms with Gasteiger partial charge in [0.2, 0.25) is 0 Å². The molecule has 3 aromatic carbocycles. The van der Waals surface area contributed by atoms with Gasteiger partial charge < -0.3 is 10.2 Å². The quantitative estimate of drug-likeness (QED) is 0.415. The second-order valence-corrected chi connectivity index (χ2v) is 11.9. The normalized spacial score (nSPS) is 17.9. The van der Waals surface area contributed by atoms with Crippen LogP contribution in [-0.4, -0.2) is 39.4 Å². The van der Waals surface area contributed by atoms with E-state index in [4.69, 9.17) is 34.8 Å². The zero-order valence-corrected chi connectivity index (χ0v) is 21.6. The Kier molecular flexibility index (Phi) is 7.27. The number of sulfone groups is 1. The van der Waals surface area contributed by atoms with Gasteiger partial charge in [-0.05, 0) is 80.5 Å². The topological polar surface area (TPSA) is 66.5 Å². The molecule has 4 rings (SSSR count). The maximum absolute atomic E-state index is 13.7. The van der Waals surface area contributed by atoms with E-state index in [1.54, 1.807) is 48.5 Å². The van der Waals surface area contributed by atoms with Gasteiger partial charge in [0.1, 0.15) is 0 Å². The van der Waals surface area contributed by atoms with Gasteiger partial charge in [0, 0.05) is 16.8 Å². The number of fused-ring (bicyclic) bond motifs is 1. The summed E-state index contributed by atoms with van der Waals surface area (Å²) in [6.45, 7) is 0. The fourth-order valence-corrected chi connectivity index (χ4v) is 7.01. The number of likely N-dealkylation sites (N-methyl/N-ethyl adjacent to an activating group) is 1. The van der Waals surface area contributed by atoms with Crippen molar-refractivity contribution in [3.05, 3.63) is 92.4 Å². The second-order valence-electron chi connectivity index (χ2n) is 8.51. The van der Waals surface area contributed by atoms with E-state index in [9.17, 15) is 13.2 Å². The number of nitrogens with zero attached hydrogens (tertiary/aromatic N) is 1. The molecule has 0 aromatic heterocycles. The first-order chi connectivity index (χ1) is 16.1. The minimum Gasteiger partial charge on any atom is -0.322 e. The summed E-state index contributed by atoms with van der Waals surface area (Å²) in [6.07, 6.45) is 1.12. The third-order valence-corrected chi connectivity index (χ3v) is 9.08. The van der Waals surface area contributed by atoms with E-state index in [2.05, 4.69) is 5.32 Å². The van der Waals surface area contributed by atoms with Gasteiger partial charge in [-0.1, -0.05) is 53.0 Å². The lowest BCUT2D eigenvalue weighted by Crippen LogP contribution is -2.37. The molecule has 0 bridgehead atoms. The molecular formula is C25H23Cl3N2O3S. The lowest BCUT2D eigenvalue weighted by molar-refractivity contribution is 0.102. The Hall–Kier alpha value is -2.09. The van der Waals surface area contributed by atoms with Crippen molar-refractivity contribution in [3.8, 4) is 0 Å². The van der Waals surface area contributed by atoms with E-state index < -0.39 is 21.0 Å². The van der Waals surface area contributed by atoms with Gasteiger partial charge in [-0.25, -0.2) is 8.42 Å². The number of carbonyl (C=O) groups excluding carboxylic acids is 1. The molecule has 5 nitrogen and oxygen atoms in total. The summed E-state index contributed by atoms with van der Waals surface area (Å²) in [5.41, 5.74) is 2.23. The number of rotatable bonds is 5. The number of carbonyl (C=O) groups is 1. The summed E-state index contributed by atoms with van der Waals surface area (Å²) >= 11 is 18.4. The van der Waals surface area contributed by atoms with E-state index in [1.807, 2.05) is 25.1 Å². The first kappa shape index (κ1) is 25.0. The highest BCUT2D eigenvalue weighted by molar-refractivity contribution is 7.91. The van der Waals surface area contributed by atoms with Crippen molar-refractivity contribution in [2.75, 3.05) is 19.4 Å². The van der Waals surface area contributed by atoms with Crippen LogP contribution in [0.4, 0.5) is 5.69 Å². The summed E-state index contributed by atoms with van der Waals surface area (Å²) in [7, 11) is 0.149. The molecule has 9 heteroatoms. The molecule has 2 atom stereocenters. The molecule has 1 aliphatic carbocycles. The Morgan fingerprint density at radius 3 is 2.29 bits per heavy atom. The van der Waals surface area contributed by atoms with Crippen LogP contribution in [0, 0.1) is 0 Å². The predicted molar refractivity (Wildman–Crippen MR) is 138 cm³/mol. The van der Waals surface area contributed by atoms with Crippen LogP contribution < -0.4 is 5.32 Å². The highest BCUT2D eigenvalue weighted by atomic mass is 35.5. The summed E-state index contributed by atoms with van der Waals surface area (Å²) in [6, 6.07) is 16.6. The Morgan fingerprint density at radius 1 is 0.971 bits per heavy atom. The van der Waals surface area contributed by atoms with Crippen molar-refractivity contribution in [2.45, 2.75) is 29.0 Å². The van der Waals surface area contributed by atoms with Gasteiger partial charge in [-0.3, -0.25) is 4.79 Å². The Balaban J connectivity index is 1.75. The van der Waals surface area contributed by atoms with Crippen LogP contribution in [0.25, 0.3) is 0 Å². The molecule has 34 heavy (non-hydrogen) atoms. The largest absolute Gasteiger partial charge is 0.322 e. The fourth-order valence-electron chi connectivity index (χ4n) is 4.27. The summed E-state index contributed by atoms with van der Waals surface area (Å²) in [5.74, 6) is -0.466. The van der Waals surface area contributed by atoms with Crippen LogP contribution in [0.5, 0.6) is 0 Å². The van der Waals surface area contributed by atoms with Crippen LogP contribution in [-0.2, 0) is 16.3 Å². The molecule has 0 aliphatic heterocycles. The Morgan fingerprint density at radius 2 is 1.65 bits per heavy atom. The van der Waals surface area contributed by atoms with Crippen LogP contribution >= 0.6 is 34.8 Å². The molecule has 0 spiro atoms. The monoisotopic (exact) mass is 536 g/mol. The molecule has 0 heterocycles. The van der Waals surface area contributed by atoms with Crippen molar-refractivity contribution in [1.29, 1.82) is 0 Å². The molecule has 0 saturated heterocycles. The van der Waals surface area contributed by atoms with Crippen LogP contribution in [0.15, 0.2) is 65.6 Å². The molecule has 0 fully saturated rings. The highest BCUT2D eigenvalue weighted by Crippen LogP contribution is 2.41. The molecule has 178 valence electrons. The molecule has 1 aliphatic rings. The third-order valence-electron chi connectivity index (χ3n) is 6.11. The van der Waals surface area contributed by atoms with Crippen molar-refractivity contribution >= 4 is 56.2 Å². The van der Waals surface area contributed by atoms with Crippen molar-refractivity contribution < 1.29 is 13.2 Å². The molecule has 1 unspecified atom stereocenters. The van der Waals surface area contributed by atoms with Gasteiger partial charge in [0.15, 0.2) is 9.84 Å². The van der Waals surface area contributed by atoms with Crippen molar-refractivity contribution in [1.82, 2.24) is 4.90 Å². The zero-order valence-electron chi connectivity index (χ0n) is 18.6. The average Bonchev–Trinajstić information content (AvgIpc) is 2.78. The fraction of sp³-hybridized carbons (Fsp3) is 0.240. The van der Waals surface area contributed by atoms with Crippen LogP contribution in [0.1, 0.15) is 33.2 Å². The van der Waals surface area contributed by atoms with Crippen LogP contribution in [0.3, 0.4) is 0 Å². The Bertz CT molecular complexity index is 1340. The predicted octanol–water partition coefficient (Wildman–Crippen LogP) is 6.29. The molecular weight excluding hydrogens is 515 g/mol. The standard InChI is InChI=1S/C25H23Cl3N2O3S/c1-30(2)18-11-15-9-10-17(29-25(31)24-21(27)7-4-8-22(24)28)13-20(15)23(14-18)34(32,33)19-6-3-5-16(26)12-19/h3-10,12-13,18,23H,11,14H2,1-2H3,(H,29,31)/t18-,23?/m1/s1. The summed E-state index contributed by atoms with van der Waals surface area (Å²) in [4.78, 5) is 15.1. The number of benzene rings is 3. The van der Waals surface area contributed by atoms with Crippen LogP contribution in [0.2, 0.25) is 15.1 Å². The number of anilines is 1. The lowest BCUT2D eigenvalue weighted by Gasteiger charge is -2.35. The van der Waals surface area contributed by atoms with E-state index in [0.29, 0.717) is 29.1 Å². The van der Waals surface area contributed by atoms with E-state index in [0.717, 1.165) is 5.56 Å². The van der Waals surface area contributed by atoms with Gasteiger partial charge in [0.25, 0.3) is 5.91 Å². The molecule has 0 saturated carbocycles. The lowest BCUT2D eigenvalue weighted by atomic mass is 9.87.